The monoisotopic (exact) mass is 280 g/mol. The van der Waals surface area contributed by atoms with E-state index >= 15 is 0 Å². The Kier molecular flexibility index (Phi) is 3.21. The summed E-state index contributed by atoms with van der Waals surface area (Å²) in [5, 5.41) is 9.20. The van der Waals surface area contributed by atoms with Gasteiger partial charge in [-0.1, -0.05) is 23.8 Å². The van der Waals surface area contributed by atoms with E-state index in [9.17, 15) is 4.79 Å². The van der Waals surface area contributed by atoms with Crippen LogP contribution in [0.5, 0.6) is 5.75 Å². The minimum Gasteiger partial charge on any atom is -0.489 e. The third-order valence-corrected chi connectivity index (χ3v) is 3.81. The summed E-state index contributed by atoms with van der Waals surface area (Å²) in [4.78, 5) is 10.5. The van der Waals surface area contributed by atoms with Gasteiger partial charge < -0.3 is 14.6 Å². The van der Waals surface area contributed by atoms with E-state index in [-0.39, 0.29) is 25.2 Å². The van der Waals surface area contributed by atoms with Crippen molar-refractivity contribution < 1.29 is 19.4 Å². The van der Waals surface area contributed by atoms with Crippen LogP contribution in [0, 0.1) is 0 Å². The summed E-state index contributed by atoms with van der Waals surface area (Å²) in [5.41, 5.74) is 1.87. The summed E-state index contributed by atoms with van der Waals surface area (Å²) in [5.74, 6) is 0.0494. The molecule has 0 radical (unpaired) electrons. The zero-order valence-corrected chi connectivity index (χ0v) is 10.9. The fraction of sp³-hybridized carbons (Fsp3) is 0.357. The first kappa shape index (κ1) is 12.5. The van der Waals surface area contributed by atoms with E-state index in [4.69, 9.17) is 26.2 Å². The number of carboxylic acid groups (broad SMARTS) is 1. The van der Waals surface area contributed by atoms with Crippen LogP contribution in [0.1, 0.15) is 23.5 Å². The molecule has 1 N–H and O–H groups in total. The molecule has 3 rings (SSSR count). The molecule has 4 nitrogen and oxygen atoms in total. The van der Waals surface area contributed by atoms with Crippen LogP contribution < -0.4 is 4.74 Å². The smallest absolute Gasteiger partial charge is 0.329 e. The molecule has 2 atom stereocenters. The molecular formula is C14H13ClO4. The number of ether oxygens (including phenoxy) is 2. The average molecular weight is 281 g/mol. The highest BCUT2D eigenvalue weighted by Gasteiger charge is 2.37. The van der Waals surface area contributed by atoms with Crippen molar-refractivity contribution in [3.8, 4) is 5.75 Å². The molecule has 100 valence electrons. The van der Waals surface area contributed by atoms with E-state index in [1.807, 2.05) is 6.07 Å². The zero-order valence-electron chi connectivity index (χ0n) is 10.1. The minimum atomic E-state index is -0.987. The molecular weight excluding hydrogens is 268 g/mol. The van der Waals surface area contributed by atoms with E-state index in [0.29, 0.717) is 5.02 Å². The molecule has 1 aromatic rings. The van der Waals surface area contributed by atoms with Gasteiger partial charge in [0.1, 0.15) is 18.5 Å². The number of hydrogen-bond donors (Lipinski definition) is 1. The van der Waals surface area contributed by atoms with Crippen molar-refractivity contribution in [3.63, 3.8) is 0 Å². The fourth-order valence-corrected chi connectivity index (χ4v) is 2.89. The quantitative estimate of drug-likeness (QED) is 0.862. The molecule has 0 aromatic heterocycles. The van der Waals surface area contributed by atoms with Crippen molar-refractivity contribution in [2.75, 3.05) is 6.61 Å². The third kappa shape index (κ3) is 2.22. The Hall–Kier alpha value is -1.52. The maximum atomic E-state index is 10.5. The van der Waals surface area contributed by atoms with Crippen molar-refractivity contribution >= 4 is 17.6 Å². The van der Waals surface area contributed by atoms with Gasteiger partial charge in [0, 0.05) is 28.5 Å². The number of benzene rings is 1. The van der Waals surface area contributed by atoms with Gasteiger partial charge in [-0.3, -0.25) is 0 Å². The minimum absolute atomic E-state index is 0.145. The summed E-state index contributed by atoms with van der Waals surface area (Å²) in [6.45, 7) is -0.139. The van der Waals surface area contributed by atoms with Crippen LogP contribution in [0.15, 0.2) is 24.3 Å². The number of hydrogen-bond acceptors (Lipinski definition) is 3. The molecule has 0 amide bonds. The van der Waals surface area contributed by atoms with Gasteiger partial charge in [-0.2, -0.15) is 0 Å². The summed E-state index contributed by atoms with van der Waals surface area (Å²) < 4.78 is 11.0. The summed E-state index contributed by atoms with van der Waals surface area (Å²) in [7, 11) is 0. The number of carbonyl (C=O) groups is 1. The van der Waals surface area contributed by atoms with Gasteiger partial charge in [0.25, 0.3) is 0 Å². The molecule has 0 spiro atoms. The molecule has 1 aliphatic carbocycles. The van der Waals surface area contributed by atoms with Crippen molar-refractivity contribution in [1.29, 1.82) is 0 Å². The van der Waals surface area contributed by atoms with E-state index in [2.05, 4.69) is 12.2 Å². The van der Waals surface area contributed by atoms with Crippen molar-refractivity contribution in [1.82, 2.24) is 0 Å². The van der Waals surface area contributed by atoms with Crippen LogP contribution in [-0.2, 0) is 16.1 Å². The van der Waals surface area contributed by atoms with Gasteiger partial charge in [-0.05, 0) is 12.1 Å². The topological polar surface area (TPSA) is 55.8 Å². The lowest BCUT2D eigenvalue weighted by Gasteiger charge is -2.12. The van der Waals surface area contributed by atoms with E-state index in [1.54, 1.807) is 6.07 Å². The second-order valence-corrected chi connectivity index (χ2v) is 5.08. The molecule has 1 heterocycles. The molecule has 0 fully saturated rings. The molecule has 5 heteroatoms. The van der Waals surface area contributed by atoms with E-state index in [0.717, 1.165) is 23.3 Å². The summed E-state index contributed by atoms with van der Waals surface area (Å²) in [6, 6.07) is 3.63. The van der Waals surface area contributed by atoms with Crippen LogP contribution in [0.2, 0.25) is 5.02 Å². The lowest BCUT2D eigenvalue weighted by molar-refractivity contribution is -0.142. The predicted octanol–water partition coefficient (Wildman–Crippen LogP) is 2.75. The molecule has 0 saturated carbocycles. The molecule has 0 bridgehead atoms. The number of halogens is 1. The molecule has 19 heavy (non-hydrogen) atoms. The van der Waals surface area contributed by atoms with Crippen LogP contribution in [0.3, 0.4) is 0 Å². The third-order valence-electron chi connectivity index (χ3n) is 3.46. The van der Waals surface area contributed by atoms with Crippen molar-refractivity contribution in [2.24, 2.45) is 0 Å². The largest absolute Gasteiger partial charge is 0.489 e. The van der Waals surface area contributed by atoms with Gasteiger partial charge in [0.15, 0.2) is 0 Å². The Labute approximate surface area is 115 Å². The van der Waals surface area contributed by atoms with E-state index < -0.39 is 5.97 Å². The SMILES string of the molecule is O=C(O)COCc1c(Cl)ccc2c1[C@H]1C=CC[C@H]1O2. The van der Waals surface area contributed by atoms with Crippen LogP contribution in [0.25, 0.3) is 0 Å². The van der Waals surface area contributed by atoms with Crippen molar-refractivity contribution in [3.05, 3.63) is 40.4 Å². The Bertz CT molecular complexity index is 553. The highest BCUT2D eigenvalue weighted by Crippen LogP contribution is 2.47. The normalized spacial score (nSPS) is 23.0. The summed E-state index contributed by atoms with van der Waals surface area (Å²) in [6.07, 6.45) is 5.26. The number of rotatable bonds is 4. The standard InChI is InChI=1S/C14H13ClO4/c15-10-4-5-12-14(8-2-1-3-11(8)19-12)9(10)6-18-7-13(16)17/h1-2,4-5,8,11H,3,6-7H2,(H,16,17)/t8-,11+/m0/s1. The Balaban J connectivity index is 1.89. The number of fused-ring (bicyclic) bond motifs is 3. The van der Waals surface area contributed by atoms with Crippen LogP contribution in [-0.4, -0.2) is 23.8 Å². The van der Waals surface area contributed by atoms with Gasteiger partial charge >= 0.3 is 5.97 Å². The molecule has 0 unspecified atom stereocenters. The lowest BCUT2D eigenvalue weighted by atomic mass is 9.94. The first-order chi connectivity index (χ1) is 9.16. The second kappa shape index (κ2) is 4.87. The Morgan fingerprint density at radius 1 is 1.53 bits per heavy atom. The lowest BCUT2D eigenvalue weighted by Crippen LogP contribution is -2.12. The highest BCUT2D eigenvalue weighted by molar-refractivity contribution is 6.31. The Morgan fingerprint density at radius 2 is 2.37 bits per heavy atom. The molecule has 1 aromatic carbocycles. The average Bonchev–Trinajstić information content (AvgIpc) is 2.91. The van der Waals surface area contributed by atoms with Gasteiger partial charge in [-0.25, -0.2) is 4.79 Å². The Morgan fingerprint density at radius 3 is 3.16 bits per heavy atom. The molecule has 0 saturated heterocycles. The predicted molar refractivity (Wildman–Crippen MR) is 69.7 cm³/mol. The molecule has 1 aliphatic heterocycles. The van der Waals surface area contributed by atoms with Gasteiger partial charge in [0.2, 0.25) is 0 Å². The van der Waals surface area contributed by atoms with Gasteiger partial charge in [-0.15, -0.1) is 0 Å². The maximum Gasteiger partial charge on any atom is 0.329 e. The number of carboxylic acids is 1. The fourth-order valence-electron chi connectivity index (χ4n) is 2.67. The van der Waals surface area contributed by atoms with Gasteiger partial charge in [0.05, 0.1) is 6.61 Å². The van der Waals surface area contributed by atoms with Crippen LogP contribution in [0.4, 0.5) is 0 Å². The second-order valence-electron chi connectivity index (χ2n) is 4.67. The van der Waals surface area contributed by atoms with Crippen molar-refractivity contribution in [2.45, 2.75) is 25.0 Å². The first-order valence-corrected chi connectivity index (χ1v) is 6.48. The van der Waals surface area contributed by atoms with Crippen LogP contribution >= 0.6 is 11.6 Å². The highest BCUT2D eigenvalue weighted by atomic mass is 35.5. The first-order valence-electron chi connectivity index (χ1n) is 6.11. The van der Waals surface area contributed by atoms with E-state index in [1.165, 1.54) is 0 Å². The molecule has 2 aliphatic rings. The maximum absolute atomic E-state index is 10.5. The summed E-state index contributed by atoms with van der Waals surface area (Å²) >= 11 is 6.21. The zero-order chi connectivity index (χ0) is 13.4. The number of aliphatic carboxylic acids is 1.